The molecule has 7 heteroatoms. The Labute approximate surface area is 132 Å². The van der Waals surface area contributed by atoms with Gasteiger partial charge in [0, 0.05) is 37.3 Å². The Balaban J connectivity index is 1.84. The van der Waals surface area contributed by atoms with Crippen LogP contribution in [0.15, 0.2) is 23.0 Å². The molecular weight excluding hydrogens is 302 g/mol. The first-order valence-corrected chi connectivity index (χ1v) is 7.40. The molecule has 6 nitrogen and oxygen atoms in total. The maximum atomic E-state index is 12.0. The second kappa shape index (κ2) is 5.94. The number of rotatable bonds is 3. The lowest BCUT2D eigenvalue weighted by Gasteiger charge is -2.28. The molecule has 116 valence electrons. The van der Waals surface area contributed by atoms with Crippen molar-refractivity contribution in [3.63, 3.8) is 0 Å². The zero-order chi connectivity index (χ0) is 15.7. The molecule has 0 aliphatic carbocycles. The number of benzene rings is 1. The van der Waals surface area contributed by atoms with Gasteiger partial charge in [0.1, 0.15) is 11.5 Å². The summed E-state index contributed by atoms with van der Waals surface area (Å²) in [4.78, 5) is 19.8. The van der Waals surface area contributed by atoms with Crippen LogP contribution in [0.3, 0.4) is 0 Å². The maximum absolute atomic E-state index is 12.0. The number of fused-ring (bicyclic) bond motifs is 1. The molecule has 2 heterocycles. The van der Waals surface area contributed by atoms with E-state index in [4.69, 9.17) is 17.0 Å². The van der Waals surface area contributed by atoms with Gasteiger partial charge in [0.25, 0.3) is 5.56 Å². The number of H-pyrrole nitrogens is 2. The Morgan fingerprint density at radius 1 is 1.41 bits per heavy atom. The molecule has 0 radical (unpaired) electrons. The van der Waals surface area contributed by atoms with Gasteiger partial charge in [-0.05, 0) is 30.4 Å². The summed E-state index contributed by atoms with van der Waals surface area (Å²) in [6.45, 7) is 1.86. The molecular formula is C15H17N3O3S. The lowest BCUT2D eigenvalue weighted by molar-refractivity contribution is 0.238. The Morgan fingerprint density at radius 3 is 3.00 bits per heavy atom. The van der Waals surface area contributed by atoms with Crippen molar-refractivity contribution in [2.75, 3.05) is 13.7 Å². The van der Waals surface area contributed by atoms with Crippen LogP contribution in [-0.2, 0) is 19.5 Å². The van der Waals surface area contributed by atoms with E-state index in [1.54, 1.807) is 19.2 Å². The van der Waals surface area contributed by atoms with Crippen molar-refractivity contribution in [1.82, 2.24) is 14.9 Å². The highest BCUT2D eigenvalue weighted by Crippen LogP contribution is 2.25. The highest BCUT2D eigenvalue weighted by atomic mass is 32.1. The van der Waals surface area contributed by atoms with Crippen LogP contribution < -0.4 is 10.3 Å². The summed E-state index contributed by atoms with van der Waals surface area (Å²) >= 11 is 4.99. The van der Waals surface area contributed by atoms with Crippen molar-refractivity contribution in [1.29, 1.82) is 0 Å². The van der Waals surface area contributed by atoms with E-state index in [9.17, 15) is 9.90 Å². The summed E-state index contributed by atoms with van der Waals surface area (Å²) < 4.78 is 5.55. The van der Waals surface area contributed by atoms with Crippen molar-refractivity contribution in [3.8, 4) is 11.5 Å². The summed E-state index contributed by atoms with van der Waals surface area (Å²) in [5.41, 5.74) is 2.25. The summed E-state index contributed by atoms with van der Waals surface area (Å²) in [7, 11) is 1.59. The Morgan fingerprint density at radius 2 is 2.23 bits per heavy atom. The first kappa shape index (κ1) is 14.8. The van der Waals surface area contributed by atoms with E-state index in [1.807, 2.05) is 6.07 Å². The van der Waals surface area contributed by atoms with Gasteiger partial charge in [-0.25, -0.2) is 0 Å². The second-order valence-corrected chi connectivity index (χ2v) is 5.73. The number of aromatic hydroxyl groups is 1. The number of nitrogens with zero attached hydrogens (tertiary/aromatic N) is 1. The smallest absolute Gasteiger partial charge is 0.256 e. The number of nitrogens with one attached hydrogen (secondary N) is 2. The molecule has 0 unspecified atom stereocenters. The van der Waals surface area contributed by atoms with Crippen LogP contribution in [0.5, 0.6) is 11.5 Å². The number of aromatic nitrogens is 2. The zero-order valence-electron chi connectivity index (χ0n) is 12.2. The van der Waals surface area contributed by atoms with Gasteiger partial charge in [-0.2, -0.15) is 0 Å². The van der Waals surface area contributed by atoms with Crippen molar-refractivity contribution in [2.45, 2.75) is 19.5 Å². The van der Waals surface area contributed by atoms with Gasteiger partial charge in [0.15, 0.2) is 4.77 Å². The minimum atomic E-state index is -0.140. The van der Waals surface area contributed by atoms with E-state index >= 15 is 0 Å². The van der Waals surface area contributed by atoms with Crippen LogP contribution in [-0.4, -0.2) is 33.6 Å². The lowest BCUT2D eigenvalue weighted by Crippen LogP contribution is -2.35. The van der Waals surface area contributed by atoms with Crippen LogP contribution in [0.4, 0.5) is 0 Å². The number of methoxy groups -OCH3 is 1. The van der Waals surface area contributed by atoms with Crippen molar-refractivity contribution in [2.24, 2.45) is 0 Å². The fourth-order valence-electron chi connectivity index (χ4n) is 2.70. The van der Waals surface area contributed by atoms with Crippen LogP contribution in [0.2, 0.25) is 0 Å². The second-order valence-electron chi connectivity index (χ2n) is 5.32. The summed E-state index contributed by atoms with van der Waals surface area (Å²) in [5.74, 6) is 0.931. The number of hydrogen-bond acceptors (Lipinski definition) is 5. The predicted octanol–water partition coefficient (Wildman–Crippen LogP) is 1.70. The first-order chi connectivity index (χ1) is 10.6. The fourth-order valence-corrected chi connectivity index (χ4v) is 2.92. The SMILES string of the molecule is COc1ccc(O)c(CN2CCc3[nH]c(=S)[nH]c(=O)c3C2)c1. The molecule has 3 rings (SSSR count). The van der Waals surface area contributed by atoms with Crippen LogP contribution in [0, 0.1) is 4.77 Å². The Kier molecular flexibility index (Phi) is 4.00. The quantitative estimate of drug-likeness (QED) is 0.750. The summed E-state index contributed by atoms with van der Waals surface area (Å²) in [6, 6.07) is 5.15. The molecule has 0 saturated heterocycles. The minimum Gasteiger partial charge on any atom is -0.508 e. The molecule has 0 atom stereocenters. The molecule has 0 amide bonds. The normalized spacial score (nSPS) is 14.6. The summed E-state index contributed by atoms with van der Waals surface area (Å²) in [6.07, 6.45) is 0.730. The molecule has 1 aliphatic rings. The monoisotopic (exact) mass is 319 g/mol. The average Bonchev–Trinajstić information content (AvgIpc) is 2.50. The van der Waals surface area contributed by atoms with Gasteiger partial charge in [-0.3, -0.25) is 14.7 Å². The maximum Gasteiger partial charge on any atom is 0.256 e. The van der Waals surface area contributed by atoms with Gasteiger partial charge < -0.3 is 14.8 Å². The van der Waals surface area contributed by atoms with Crippen molar-refractivity contribution >= 4 is 12.2 Å². The van der Waals surface area contributed by atoms with E-state index in [-0.39, 0.29) is 11.3 Å². The van der Waals surface area contributed by atoms with Gasteiger partial charge in [-0.1, -0.05) is 0 Å². The van der Waals surface area contributed by atoms with Gasteiger partial charge in [-0.15, -0.1) is 0 Å². The lowest BCUT2D eigenvalue weighted by atomic mass is 10.1. The number of ether oxygens (including phenoxy) is 1. The third kappa shape index (κ3) is 2.90. The van der Waals surface area contributed by atoms with Gasteiger partial charge in [0.05, 0.1) is 12.7 Å². The van der Waals surface area contributed by atoms with Crippen LogP contribution in [0.25, 0.3) is 0 Å². The molecule has 0 spiro atoms. The molecule has 1 aromatic heterocycles. The van der Waals surface area contributed by atoms with Crippen molar-refractivity contribution in [3.05, 3.63) is 50.1 Å². The largest absolute Gasteiger partial charge is 0.508 e. The van der Waals surface area contributed by atoms with Gasteiger partial charge >= 0.3 is 0 Å². The number of phenolic OH excluding ortho intramolecular Hbond substituents is 1. The minimum absolute atomic E-state index is 0.140. The van der Waals surface area contributed by atoms with Crippen molar-refractivity contribution < 1.29 is 9.84 Å². The Bertz CT molecular complexity index is 812. The molecule has 1 aliphatic heterocycles. The fraction of sp³-hybridized carbons (Fsp3) is 0.333. The third-order valence-electron chi connectivity index (χ3n) is 3.87. The van der Waals surface area contributed by atoms with E-state index in [0.717, 1.165) is 24.2 Å². The standard InChI is InChI=1S/C15H17N3O3S/c1-21-10-2-3-13(19)9(6-10)7-18-5-4-12-11(8-18)14(20)17-15(22)16-12/h2-3,6,19H,4-5,7-8H2,1H3,(H2,16,17,20,22). The predicted molar refractivity (Wildman–Crippen MR) is 84.7 cm³/mol. The Hall–Kier alpha value is -2.12. The van der Waals surface area contributed by atoms with E-state index in [0.29, 0.717) is 29.2 Å². The van der Waals surface area contributed by atoms with E-state index in [2.05, 4.69) is 14.9 Å². The topological polar surface area (TPSA) is 81.3 Å². The van der Waals surface area contributed by atoms with Crippen LogP contribution >= 0.6 is 12.2 Å². The first-order valence-electron chi connectivity index (χ1n) is 6.99. The number of hydrogen-bond donors (Lipinski definition) is 3. The highest BCUT2D eigenvalue weighted by molar-refractivity contribution is 7.71. The molecule has 1 aromatic carbocycles. The average molecular weight is 319 g/mol. The molecule has 3 N–H and O–H groups in total. The van der Waals surface area contributed by atoms with Gasteiger partial charge in [0.2, 0.25) is 0 Å². The highest BCUT2D eigenvalue weighted by Gasteiger charge is 2.20. The molecule has 22 heavy (non-hydrogen) atoms. The molecule has 0 saturated carbocycles. The van der Waals surface area contributed by atoms with E-state index < -0.39 is 0 Å². The van der Waals surface area contributed by atoms with Crippen LogP contribution in [0.1, 0.15) is 16.8 Å². The molecule has 0 bridgehead atoms. The zero-order valence-corrected chi connectivity index (χ0v) is 13.0. The summed E-state index contributed by atoms with van der Waals surface area (Å²) in [5, 5.41) is 9.98. The molecule has 2 aromatic rings. The molecule has 0 fully saturated rings. The number of aromatic amines is 2. The number of phenols is 1. The van der Waals surface area contributed by atoms with E-state index in [1.165, 1.54) is 0 Å². The third-order valence-corrected chi connectivity index (χ3v) is 4.07.